The fourth-order valence-electron chi connectivity index (χ4n) is 2.05. The molecule has 2 aromatic rings. The summed E-state index contributed by atoms with van der Waals surface area (Å²) in [5.41, 5.74) is 0.210. The molecule has 0 aliphatic carbocycles. The van der Waals surface area contributed by atoms with Crippen LogP contribution >= 0.6 is 11.6 Å². The summed E-state index contributed by atoms with van der Waals surface area (Å²) in [5, 5.41) is 10.3. The Bertz CT molecular complexity index is 899. The molecule has 0 saturated heterocycles. The second kappa shape index (κ2) is 8.88. The Morgan fingerprint density at radius 2 is 2.00 bits per heavy atom. The second-order valence-corrected chi connectivity index (χ2v) is 7.60. The van der Waals surface area contributed by atoms with Crippen LogP contribution in [0.3, 0.4) is 0 Å². The highest BCUT2D eigenvalue weighted by molar-refractivity contribution is 7.90. The zero-order chi connectivity index (χ0) is 18.3. The Labute approximate surface area is 149 Å². The molecule has 0 fully saturated rings. The number of aromatic nitrogens is 3. The van der Waals surface area contributed by atoms with Crippen LogP contribution in [0.25, 0.3) is 10.9 Å². The number of amides is 1. The third-order valence-corrected chi connectivity index (χ3v) is 5.11. The van der Waals surface area contributed by atoms with E-state index < -0.39 is 15.2 Å². The predicted molar refractivity (Wildman–Crippen MR) is 93.7 cm³/mol. The van der Waals surface area contributed by atoms with Crippen molar-refractivity contribution < 1.29 is 13.2 Å². The van der Waals surface area contributed by atoms with Gasteiger partial charge in [-0.15, -0.1) is 16.7 Å². The molecule has 0 unspecified atom stereocenters. The lowest BCUT2D eigenvalue weighted by Crippen LogP contribution is -2.32. The number of aryl methyl sites for hydroxylation is 1. The minimum absolute atomic E-state index is 0.0698. The van der Waals surface area contributed by atoms with Crippen molar-refractivity contribution in [2.45, 2.75) is 19.4 Å². The van der Waals surface area contributed by atoms with Crippen LogP contribution in [0.15, 0.2) is 29.1 Å². The Kier molecular flexibility index (Phi) is 6.85. The number of carbonyl (C=O) groups is 1. The largest absolute Gasteiger partial charge is 0.356 e. The maximum absolute atomic E-state index is 12.2. The molecule has 1 aromatic heterocycles. The first-order valence-electron chi connectivity index (χ1n) is 7.55. The molecule has 0 aliphatic heterocycles. The molecule has 0 spiro atoms. The fraction of sp³-hybridized carbons (Fsp3) is 0.429. The molecule has 0 radical (unpaired) electrons. The first-order chi connectivity index (χ1) is 11.9. The van der Waals surface area contributed by atoms with E-state index in [2.05, 4.69) is 20.4 Å². The molecule has 1 heterocycles. The molecule has 0 saturated carbocycles. The van der Waals surface area contributed by atoms with Crippen molar-refractivity contribution >= 4 is 38.4 Å². The molecule has 2 rings (SSSR count). The van der Waals surface area contributed by atoms with E-state index in [1.165, 1.54) is 0 Å². The van der Waals surface area contributed by atoms with Gasteiger partial charge < -0.3 is 5.32 Å². The maximum atomic E-state index is 12.2. The van der Waals surface area contributed by atoms with E-state index >= 15 is 0 Å². The van der Waals surface area contributed by atoms with Crippen molar-refractivity contribution in [2.75, 3.05) is 18.3 Å². The number of alkyl halides is 1. The lowest BCUT2D eigenvalue weighted by molar-refractivity contribution is -0.121. The van der Waals surface area contributed by atoms with Crippen LogP contribution in [0.5, 0.6) is 0 Å². The van der Waals surface area contributed by atoms with Crippen LogP contribution in [0, 0.1) is 0 Å². The monoisotopic (exact) mass is 387 g/mol. The van der Waals surface area contributed by atoms with Crippen molar-refractivity contribution in [3.8, 4) is 0 Å². The number of hydrogen-bond acceptors (Lipinski definition) is 6. The number of nitrogens with one attached hydrogen (secondary N) is 2. The lowest BCUT2D eigenvalue weighted by atomic mass is 10.2. The second-order valence-electron chi connectivity index (χ2n) is 5.21. The molecule has 9 nitrogen and oxygen atoms in total. The van der Waals surface area contributed by atoms with Gasteiger partial charge in [-0.25, -0.2) is 17.8 Å². The quantitative estimate of drug-likeness (QED) is 0.454. The number of nitrogens with zero attached hydrogens (tertiary/aromatic N) is 3. The molecule has 136 valence electrons. The third-order valence-electron chi connectivity index (χ3n) is 3.32. The highest BCUT2D eigenvalue weighted by Gasteiger charge is 2.08. The smallest absolute Gasteiger partial charge is 0.277 e. The summed E-state index contributed by atoms with van der Waals surface area (Å²) in [4.78, 5) is 24.0. The fourth-order valence-corrected chi connectivity index (χ4v) is 2.81. The number of rotatable bonds is 9. The number of benzene rings is 1. The van der Waals surface area contributed by atoms with Gasteiger partial charge in [0.05, 0.1) is 11.9 Å². The summed E-state index contributed by atoms with van der Waals surface area (Å²) in [6.07, 6.45) is 0.498. The summed E-state index contributed by atoms with van der Waals surface area (Å²) < 4.78 is 25.6. The standard InChI is InChI=1S/C14H18ClN5O4S/c15-10-25(23,24)17-8-3-7-16-13(21)6-9-20-14(22)11-4-1-2-5-12(11)18-19-20/h1-2,4-5,17H,3,6-10H2,(H,16,21). The Morgan fingerprint density at radius 1 is 1.24 bits per heavy atom. The van der Waals surface area contributed by atoms with Gasteiger partial charge in [-0.05, 0) is 18.6 Å². The van der Waals surface area contributed by atoms with Gasteiger partial charge in [-0.3, -0.25) is 9.59 Å². The molecular formula is C14H18ClN5O4S. The summed E-state index contributed by atoms with van der Waals surface area (Å²) in [6, 6.07) is 6.85. The van der Waals surface area contributed by atoms with E-state index in [1.54, 1.807) is 24.3 Å². The number of sulfonamides is 1. The van der Waals surface area contributed by atoms with Crippen molar-refractivity contribution in [1.29, 1.82) is 0 Å². The van der Waals surface area contributed by atoms with Crippen molar-refractivity contribution in [2.24, 2.45) is 0 Å². The topological polar surface area (TPSA) is 123 Å². The van der Waals surface area contributed by atoms with E-state index in [1.807, 2.05) is 0 Å². The van der Waals surface area contributed by atoms with Crippen LogP contribution in [0.4, 0.5) is 0 Å². The normalized spacial score (nSPS) is 11.6. The lowest BCUT2D eigenvalue weighted by Gasteiger charge is -2.07. The Hall–Kier alpha value is -2.04. The SMILES string of the molecule is O=C(CCn1nnc2ccccc2c1=O)NCCCNS(=O)(=O)CCl. The molecule has 11 heteroatoms. The van der Waals surface area contributed by atoms with Gasteiger partial charge in [0.15, 0.2) is 0 Å². The highest BCUT2D eigenvalue weighted by Crippen LogP contribution is 2.03. The molecular weight excluding hydrogens is 370 g/mol. The first kappa shape index (κ1) is 19.3. The summed E-state index contributed by atoms with van der Waals surface area (Å²) in [7, 11) is -3.44. The molecule has 0 aliphatic rings. The molecule has 1 aromatic carbocycles. The van der Waals surface area contributed by atoms with Gasteiger partial charge in [0.1, 0.15) is 10.7 Å². The summed E-state index contributed by atoms with van der Waals surface area (Å²) in [6.45, 7) is 0.605. The van der Waals surface area contributed by atoms with Crippen LogP contribution in [0.1, 0.15) is 12.8 Å². The highest BCUT2D eigenvalue weighted by atomic mass is 35.5. The minimum atomic E-state index is -3.44. The number of fused-ring (bicyclic) bond motifs is 1. The molecule has 0 bridgehead atoms. The van der Waals surface area contributed by atoms with Crippen molar-refractivity contribution in [1.82, 2.24) is 25.0 Å². The van der Waals surface area contributed by atoms with Crippen LogP contribution in [-0.4, -0.2) is 47.6 Å². The van der Waals surface area contributed by atoms with E-state index in [9.17, 15) is 18.0 Å². The van der Waals surface area contributed by atoms with Crippen molar-refractivity contribution in [3.05, 3.63) is 34.6 Å². The van der Waals surface area contributed by atoms with Gasteiger partial charge in [-0.2, -0.15) is 0 Å². The number of halogens is 1. The van der Waals surface area contributed by atoms with Gasteiger partial charge in [0.2, 0.25) is 15.9 Å². The molecule has 25 heavy (non-hydrogen) atoms. The average Bonchev–Trinajstić information content (AvgIpc) is 2.61. The van der Waals surface area contributed by atoms with Gasteiger partial charge in [-0.1, -0.05) is 17.3 Å². The minimum Gasteiger partial charge on any atom is -0.356 e. The molecule has 0 atom stereocenters. The van der Waals surface area contributed by atoms with E-state index in [0.29, 0.717) is 23.9 Å². The van der Waals surface area contributed by atoms with Gasteiger partial charge in [0, 0.05) is 19.5 Å². The third kappa shape index (κ3) is 5.76. The summed E-state index contributed by atoms with van der Waals surface area (Å²) in [5.74, 6) is -0.262. The number of hydrogen-bond donors (Lipinski definition) is 2. The average molecular weight is 388 g/mol. The zero-order valence-electron chi connectivity index (χ0n) is 13.3. The molecule has 2 N–H and O–H groups in total. The van der Waals surface area contributed by atoms with Crippen molar-refractivity contribution in [3.63, 3.8) is 0 Å². The van der Waals surface area contributed by atoms with Crippen LogP contribution in [0.2, 0.25) is 0 Å². The van der Waals surface area contributed by atoms with E-state index in [-0.39, 0.29) is 31.0 Å². The number of carbonyl (C=O) groups excluding carboxylic acids is 1. The van der Waals surface area contributed by atoms with Gasteiger partial charge >= 0.3 is 0 Å². The molecule has 1 amide bonds. The van der Waals surface area contributed by atoms with Crippen LogP contribution < -0.4 is 15.6 Å². The van der Waals surface area contributed by atoms with Gasteiger partial charge in [0.25, 0.3) is 5.56 Å². The van der Waals surface area contributed by atoms with Crippen LogP contribution in [-0.2, 0) is 21.4 Å². The summed E-state index contributed by atoms with van der Waals surface area (Å²) >= 11 is 5.25. The Morgan fingerprint density at radius 3 is 2.76 bits per heavy atom. The zero-order valence-corrected chi connectivity index (χ0v) is 14.9. The maximum Gasteiger partial charge on any atom is 0.277 e. The van der Waals surface area contributed by atoms with E-state index in [0.717, 1.165) is 4.68 Å². The Balaban J connectivity index is 1.77. The predicted octanol–water partition coefficient (Wildman–Crippen LogP) is -0.196. The first-order valence-corrected chi connectivity index (χ1v) is 9.74. The van der Waals surface area contributed by atoms with E-state index in [4.69, 9.17) is 11.6 Å².